The lowest BCUT2D eigenvalue weighted by Crippen LogP contribution is -2.39. The van der Waals surface area contributed by atoms with E-state index < -0.39 is 10.0 Å². The molecule has 0 radical (unpaired) electrons. The van der Waals surface area contributed by atoms with Crippen molar-refractivity contribution in [2.45, 2.75) is 27.2 Å². The van der Waals surface area contributed by atoms with Gasteiger partial charge in [0.2, 0.25) is 15.9 Å². The molecule has 0 aliphatic carbocycles. The Hall–Kier alpha value is -2.34. The first-order valence-corrected chi connectivity index (χ1v) is 10.4. The molecule has 0 aliphatic rings. The zero-order valence-electron chi connectivity index (χ0n) is 15.7. The van der Waals surface area contributed by atoms with E-state index >= 15 is 0 Å². The van der Waals surface area contributed by atoms with Crippen LogP contribution in [0.25, 0.3) is 0 Å². The fourth-order valence-corrected chi connectivity index (χ4v) is 3.79. The van der Waals surface area contributed by atoms with Crippen LogP contribution in [-0.2, 0) is 21.2 Å². The second kappa shape index (κ2) is 8.36. The third-order valence-electron chi connectivity index (χ3n) is 4.49. The minimum absolute atomic E-state index is 0.117. The van der Waals surface area contributed by atoms with Crippen LogP contribution in [0.1, 0.15) is 22.3 Å². The van der Waals surface area contributed by atoms with Crippen LogP contribution in [0.15, 0.2) is 42.5 Å². The molecule has 0 fully saturated rings. The highest BCUT2D eigenvalue weighted by Crippen LogP contribution is 2.24. The third kappa shape index (κ3) is 5.08. The first-order chi connectivity index (χ1) is 12.2. The molecule has 0 heterocycles. The van der Waals surface area contributed by atoms with E-state index in [1.807, 2.05) is 57.2 Å². The Balaban J connectivity index is 2.03. The summed E-state index contributed by atoms with van der Waals surface area (Å²) in [7, 11) is -3.44. The molecular formula is C20H26N2O3S. The number of nitrogens with zero attached hydrogens (tertiary/aromatic N) is 1. The highest BCUT2D eigenvalue weighted by molar-refractivity contribution is 7.92. The SMILES string of the molecule is Cc1ccccc1CC(=O)NCCN(c1cccc(C)c1C)S(C)(=O)=O. The van der Waals surface area contributed by atoms with Gasteiger partial charge in [-0.25, -0.2) is 8.42 Å². The first kappa shape index (κ1) is 20.0. The number of aryl methyl sites for hydroxylation is 2. The van der Waals surface area contributed by atoms with Gasteiger partial charge >= 0.3 is 0 Å². The van der Waals surface area contributed by atoms with Crippen LogP contribution in [0.2, 0.25) is 0 Å². The summed E-state index contributed by atoms with van der Waals surface area (Å²) in [5.74, 6) is -0.117. The average molecular weight is 375 g/mol. The van der Waals surface area contributed by atoms with Gasteiger partial charge in [-0.1, -0.05) is 36.4 Å². The molecule has 26 heavy (non-hydrogen) atoms. The van der Waals surface area contributed by atoms with Crippen molar-refractivity contribution in [3.63, 3.8) is 0 Å². The summed E-state index contributed by atoms with van der Waals surface area (Å²) in [5, 5.41) is 2.82. The number of sulfonamides is 1. The van der Waals surface area contributed by atoms with Crippen LogP contribution in [0, 0.1) is 20.8 Å². The van der Waals surface area contributed by atoms with E-state index in [0.29, 0.717) is 5.69 Å². The van der Waals surface area contributed by atoms with Crippen LogP contribution >= 0.6 is 0 Å². The molecule has 0 unspecified atom stereocenters. The zero-order chi connectivity index (χ0) is 19.3. The number of carbonyl (C=O) groups is 1. The van der Waals surface area contributed by atoms with E-state index in [1.54, 1.807) is 6.07 Å². The minimum Gasteiger partial charge on any atom is -0.354 e. The predicted octanol–water partition coefficient (Wildman–Crippen LogP) is 2.74. The Bertz CT molecular complexity index is 892. The van der Waals surface area contributed by atoms with Crippen LogP contribution in [-0.4, -0.2) is 33.7 Å². The quantitative estimate of drug-likeness (QED) is 0.810. The fourth-order valence-electron chi connectivity index (χ4n) is 2.81. The monoisotopic (exact) mass is 374 g/mol. The summed E-state index contributed by atoms with van der Waals surface area (Å²) in [6, 6.07) is 13.3. The molecule has 0 atom stereocenters. The molecular weight excluding hydrogens is 348 g/mol. The summed E-state index contributed by atoms with van der Waals surface area (Å²) in [6.45, 7) is 6.27. The van der Waals surface area contributed by atoms with E-state index in [-0.39, 0.29) is 25.4 Å². The maximum atomic E-state index is 12.2. The lowest BCUT2D eigenvalue weighted by molar-refractivity contribution is -0.120. The first-order valence-electron chi connectivity index (χ1n) is 8.55. The molecule has 6 heteroatoms. The van der Waals surface area contributed by atoms with Gasteiger partial charge in [-0.2, -0.15) is 0 Å². The molecule has 2 rings (SSSR count). The second-order valence-corrected chi connectivity index (χ2v) is 8.41. The summed E-state index contributed by atoms with van der Waals surface area (Å²) in [4.78, 5) is 12.2. The molecule has 0 aromatic heterocycles. The second-order valence-electron chi connectivity index (χ2n) is 6.51. The summed E-state index contributed by atoms with van der Waals surface area (Å²) < 4.78 is 25.8. The molecule has 5 nitrogen and oxygen atoms in total. The maximum absolute atomic E-state index is 12.2. The van der Waals surface area contributed by atoms with E-state index in [1.165, 1.54) is 10.6 Å². The van der Waals surface area contributed by atoms with Gasteiger partial charge < -0.3 is 5.32 Å². The van der Waals surface area contributed by atoms with Gasteiger partial charge in [0.05, 0.1) is 24.9 Å². The predicted molar refractivity (Wildman–Crippen MR) is 106 cm³/mol. The highest BCUT2D eigenvalue weighted by atomic mass is 32.2. The molecule has 2 aromatic rings. The summed E-state index contributed by atoms with van der Waals surface area (Å²) in [6.07, 6.45) is 1.47. The van der Waals surface area contributed by atoms with Crippen LogP contribution in [0.3, 0.4) is 0 Å². The van der Waals surface area contributed by atoms with Crippen LogP contribution < -0.4 is 9.62 Å². The Labute approximate surface area is 156 Å². The Morgan fingerprint density at radius 3 is 2.31 bits per heavy atom. The fraction of sp³-hybridized carbons (Fsp3) is 0.350. The van der Waals surface area contributed by atoms with Gasteiger partial charge in [0.25, 0.3) is 0 Å². The van der Waals surface area contributed by atoms with Crippen molar-refractivity contribution < 1.29 is 13.2 Å². The third-order valence-corrected chi connectivity index (χ3v) is 5.67. The van der Waals surface area contributed by atoms with Crippen molar-refractivity contribution >= 4 is 21.6 Å². The molecule has 0 saturated carbocycles. The number of rotatable bonds is 7. The Kier molecular flexibility index (Phi) is 6.42. The number of anilines is 1. The van der Waals surface area contributed by atoms with Crippen LogP contribution in [0.4, 0.5) is 5.69 Å². The molecule has 0 aliphatic heterocycles. The summed E-state index contributed by atoms with van der Waals surface area (Å²) >= 11 is 0. The van der Waals surface area contributed by atoms with Crippen molar-refractivity contribution in [3.05, 3.63) is 64.7 Å². The highest BCUT2D eigenvalue weighted by Gasteiger charge is 2.19. The summed E-state index contributed by atoms with van der Waals surface area (Å²) in [5.41, 5.74) is 4.64. The largest absolute Gasteiger partial charge is 0.354 e. The van der Waals surface area contributed by atoms with Gasteiger partial charge in [-0.3, -0.25) is 9.10 Å². The van der Waals surface area contributed by atoms with Crippen molar-refractivity contribution in [1.82, 2.24) is 5.32 Å². The Morgan fingerprint density at radius 1 is 1.00 bits per heavy atom. The standard InChI is InChI=1S/C20H26N2O3S/c1-15-9-7-11-19(17(15)3)22(26(4,24)25)13-12-21-20(23)14-18-10-6-5-8-16(18)2/h5-11H,12-14H2,1-4H3,(H,21,23). The molecule has 2 aromatic carbocycles. The topological polar surface area (TPSA) is 66.5 Å². The van der Waals surface area contributed by atoms with Gasteiger partial charge in [0.1, 0.15) is 0 Å². The number of carbonyl (C=O) groups excluding carboxylic acids is 1. The molecule has 0 bridgehead atoms. The lowest BCUT2D eigenvalue weighted by Gasteiger charge is -2.25. The van der Waals surface area contributed by atoms with Gasteiger partial charge in [0, 0.05) is 6.54 Å². The van der Waals surface area contributed by atoms with Crippen molar-refractivity contribution in [2.75, 3.05) is 23.7 Å². The molecule has 0 saturated heterocycles. The normalized spacial score (nSPS) is 11.2. The number of nitrogens with one attached hydrogen (secondary N) is 1. The van der Waals surface area contributed by atoms with E-state index in [9.17, 15) is 13.2 Å². The number of hydrogen-bond donors (Lipinski definition) is 1. The van der Waals surface area contributed by atoms with Crippen molar-refractivity contribution in [2.24, 2.45) is 0 Å². The maximum Gasteiger partial charge on any atom is 0.232 e. The zero-order valence-corrected chi connectivity index (χ0v) is 16.6. The van der Waals surface area contributed by atoms with Gasteiger partial charge in [0.15, 0.2) is 0 Å². The Morgan fingerprint density at radius 2 is 1.65 bits per heavy atom. The average Bonchev–Trinajstić information content (AvgIpc) is 2.56. The van der Waals surface area contributed by atoms with E-state index in [4.69, 9.17) is 0 Å². The number of benzene rings is 2. The smallest absolute Gasteiger partial charge is 0.232 e. The number of amides is 1. The number of hydrogen-bond acceptors (Lipinski definition) is 3. The van der Waals surface area contributed by atoms with Crippen molar-refractivity contribution in [3.8, 4) is 0 Å². The van der Waals surface area contributed by atoms with E-state index in [0.717, 1.165) is 22.3 Å². The molecule has 1 N–H and O–H groups in total. The minimum atomic E-state index is -3.44. The van der Waals surface area contributed by atoms with Gasteiger partial charge in [-0.15, -0.1) is 0 Å². The van der Waals surface area contributed by atoms with Crippen molar-refractivity contribution in [1.29, 1.82) is 0 Å². The van der Waals surface area contributed by atoms with E-state index in [2.05, 4.69) is 5.32 Å². The lowest BCUT2D eigenvalue weighted by atomic mass is 10.1. The molecule has 0 spiro atoms. The van der Waals surface area contributed by atoms with Gasteiger partial charge in [-0.05, 0) is 49.1 Å². The van der Waals surface area contributed by atoms with Crippen LogP contribution in [0.5, 0.6) is 0 Å². The molecule has 140 valence electrons. The molecule has 1 amide bonds.